The van der Waals surface area contributed by atoms with E-state index in [1.165, 1.54) is 5.56 Å². The second kappa shape index (κ2) is 4.52. The number of hydrogen-bond donors (Lipinski definition) is 0. The van der Waals surface area contributed by atoms with Gasteiger partial charge in [-0.25, -0.2) is 0 Å². The first-order valence-electron chi connectivity index (χ1n) is 6.36. The van der Waals surface area contributed by atoms with E-state index in [-0.39, 0.29) is 11.2 Å². The standard InChI is InChI=1S/C15H20O2/c1-4-15(2,3)14(16)12-9-5-7-11-8-6-10-17-13(11)12/h5,7,9H,4,6,8,10H2,1-3H3. The van der Waals surface area contributed by atoms with Gasteiger partial charge in [-0.3, -0.25) is 4.79 Å². The molecule has 0 aliphatic carbocycles. The van der Waals surface area contributed by atoms with Crippen LogP contribution >= 0.6 is 0 Å². The number of benzene rings is 1. The summed E-state index contributed by atoms with van der Waals surface area (Å²) in [5, 5.41) is 0. The molecule has 0 spiro atoms. The van der Waals surface area contributed by atoms with Crippen LogP contribution < -0.4 is 4.74 Å². The zero-order chi connectivity index (χ0) is 12.5. The van der Waals surface area contributed by atoms with Crippen molar-refractivity contribution in [2.45, 2.75) is 40.0 Å². The maximum atomic E-state index is 12.5. The molecule has 1 aromatic rings. The molecule has 1 aromatic carbocycles. The highest BCUT2D eigenvalue weighted by molar-refractivity contribution is 6.02. The van der Waals surface area contributed by atoms with Gasteiger partial charge in [0.25, 0.3) is 0 Å². The molecule has 0 fully saturated rings. The average molecular weight is 232 g/mol. The Bertz CT molecular complexity index is 433. The zero-order valence-corrected chi connectivity index (χ0v) is 10.9. The Balaban J connectivity index is 2.42. The van der Waals surface area contributed by atoms with Crippen LogP contribution in [-0.4, -0.2) is 12.4 Å². The molecule has 1 aliphatic rings. The highest BCUT2D eigenvalue weighted by atomic mass is 16.5. The van der Waals surface area contributed by atoms with Crippen molar-refractivity contribution in [3.8, 4) is 5.75 Å². The van der Waals surface area contributed by atoms with Gasteiger partial charge >= 0.3 is 0 Å². The molecule has 92 valence electrons. The lowest BCUT2D eigenvalue weighted by Gasteiger charge is -2.25. The normalized spacial score (nSPS) is 15.0. The third-order valence-electron chi connectivity index (χ3n) is 3.68. The Morgan fingerprint density at radius 3 is 2.88 bits per heavy atom. The minimum Gasteiger partial charge on any atom is -0.493 e. The van der Waals surface area contributed by atoms with Crippen LogP contribution in [0, 0.1) is 5.41 Å². The van der Waals surface area contributed by atoms with E-state index in [9.17, 15) is 4.79 Å². The number of Topliss-reactive ketones (excluding diaryl/α,β-unsaturated/α-hetero) is 1. The molecule has 0 aromatic heterocycles. The van der Waals surface area contributed by atoms with Crippen molar-refractivity contribution in [2.75, 3.05) is 6.61 Å². The molecular weight excluding hydrogens is 212 g/mol. The number of fused-ring (bicyclic) bond motifs is 1. The number of rotatable bonds is 3. The molecule has 0 unspecified atom stereocenters. The quantitative estimate of drug-likeness (QED) is 0.744. The van der Waals surface area contributed by atoms with E-state index in [1.54, 1.807) is 0 Å². The number of ketones is 1. The molecule has 0 saturated carbocycles. The van der Waals surface area contributed by atoms with E-state index < -0.39 is 0 Å². The molecule has 0 N–H and O–H groups in total. The molecule has 2 nitrogen and oxygen atoms in total. The number of para-hydroxylation sites is 1. The van der Waals surface area contributed by atoms with Crippen LogP contribution in [0.4, 0.5) is 0 Å². The van der Waals surface area contributed by atoms with E-state index >= 15 is 0 Å². The first kappa shape index (κ1) is 12.2. The van der Waals surface area contributed by atoms with E-state index in [0.717, 1.165) is 37.2 Å². The van der Waals surface area contributed by atoms with Gasteiger partial charge in [0, 0.05) is 5.41 Å². The number of aryl methyl sites for hydroxylation is 1. The fourth-order valence-electron chi connectivity index (χ4n) is 2.09. The summed E-state index contributed by atoms with van der Waals surface area (Å²) in [7, 11) is 0. The molecule has 0 bridgehead atoms. The van der Waals surface area contributed by atoms with Crippen molar-refractivity contribution in [2.24, 2.45) is 5.41 Å². The summed E-state index contributed by atoms with van der Waals surface area (Å²) in [5.41, 5.74) is 1.62. The van der Waals surface area contributed by atoms with E-state index in [1.807, 2.05) is 32.9 Å². The summed E-state index contributed by atoms with van der Waals surface area (Å²) in [4.78, 5) is 12.5. The molecular formula is C15H20O2. The highest BCUT2D eigenvalue weighted by Gasteiger charge is 2.30. The zero-order valence-electron chi connectivity index (χ0n) is 10.9. The average Bonchev–Trinajstić information content (AvgIpc) is 2.37. The van der Waals surface area contributed by atoms with Crippen molar-refractivity contribution in [1.29, 1.82) is 0 Å². The van der Waals surface area contributed by atoms with Gasteiger partial charge in [0.1, 0.15) is 5.75 Å². The van der Waals surface area contributed by atoms with Crippen molar-refractivity contribution in [3.05, 3.63) is 29.3 Å². The molecule has 2 heteroatoms. The van der Waals surface area contributed by atoms with Crippen molar-refractivity contribution < 1.29 is 9.53 Å². The molecule has 17 heavy (non-hydrogen) atoms. The van der Waals surface area contributed by atoms with Crippen molar-refractivity contribution >= 4 is 5.78 Å². The third-order valence-corrected chi connectivity index (χ3v) is 3.68. The monoisotopic (exact) mass is 232 g/mol. The van der Waals surface area contributed by atoms with Gasteiger partial charge in [0.2, 0.25) is 0 Å². The second-order valence-corrected chi connectivity index (χ2v) is 5.31. The van der Waals surface area contributed by atoms with Gasteiger partial charge in [-0.1, -0.05) is 32.9 Å². The Kier molecular flexibility index (Phi) is 3.23. The summed E-state index contributed by atoms with van der Waals surface area (Å²) < 4.78 is 5.69. The Morgan fingerprint density at radius 1 is 1.41 bits per heavy atom. The minimum absolute atomic E-state index is 0.193. The number of hydrogen-bond acceptors (Lipinski definition) is 2. The van der Waals surface area contributed by atoms with Crippen LogP contribution in [0.2, 0.25) is 0 Å². The summed E-state index contributed by atoms with van der Waals surface area (Å²) >= 11 is 0. The fourth-order valence-corrected chi connectivity index (χ4v) is 2.09. The van der Waals surface area contributed by atoms with Crippen LogP contribution in [-0.2, 0) is 6.42 Å². The highest BCUT2D eigenvalue weighted by Crippen LogP contribution is 2.34. The van der Waals surface area contributed by atoms with E-state index in [0.29, 0.717) is 0 Å². The topological polar surface area (TPSA) is 26.3 Å². The predicted octanol–water partition coefficient (Wildman–Crippen LogP) is 3.63. The Labute approximate surface area is 103 Å². The van der Waals surface area contributed by atoms with Crippen LogP contribution in [0.5, 0.6) is 5.75 Å². The number of ether oxygens (including phenoxy) is 1. The summed E-state index contributed by atoms with van der Waals surface area (Å²) in [5.74, 6) is 1.02. The molecule has 0 radical (unpaired) electrons. The van der Waals surface area contributed by atoms with Crippen LogP contribution in [0.3, 0.4) is 0 Å². The Hall–Kier alpha value is -1.31. The lowest BCUT2D eigenvalue weighted by atomic mass is 9.81. The summed E-state index contributed by atoms with van der Waals surface area (Å²) in [6.45, 7) is 6.77. The minimum atomic E-state index is -0.310. The van der Waals surface area contributed by atoms with Gasteiger partial charge in [0.05, 0.1) is 12.2 Å². The van der Waals surface area contributed by atoms with Crippen LogP contribution in [0.1, 0.15) is 49.5 Å². The van der Waals surface area contributed by atoms with E-state index in [4.69, 9.17) is 4.74 Å². The molecule has 0 atom stereocenters. The van der Waals surface area contributed by atoms with Crippen LogP contribution in [0.25, 0.3) is 0 Å². The van der Waals surface area contributed by atoms with Gasteiger partial charge < -0.3 is 4.74 Å². The molecule has 1 heterocycles. The van der Waals surface area contributed by atoms with Gasteiger partial charge in [-0.2, -0.15) is 0 Å². The van der Waals surface area contributed by atoms with E-state index in [2.05, 4.69) is 6.07 Å². The predicted molar refractivity (Wildman–Crippen MR) is 68.7 cm³/mol. The second-order valence-electron chi connectivity index (χ2n) is 5.31. The maximum absolute atomic E-state index is 12.5. The summed E-state index contributed by atoms with van der Waals surface area (Å²) in [6.07, 6.45) is 2.90. The lowest BCUT2D eigenvalue weighted by molar-refractivity contribution is 0.0827. The van der Waals surface area contributed by atoms with Gasteiger partial charge in [0.15, 0.2) is 5.78 Å². The first-order chi connectivity index (χ1) is 8.06. The summed E-state index contributed by atoms with van der Waals surface area (Å²) in [6, 6.07) is 5.92. The smallest absolute Gasteiger partial charge is 0.172 e. The Morgan fingerprint density at radius 2 is 2.18 bits per heavy atom. The SMILES string of the molecule is CCC(C)(C)C(=O)c1cccc2c1OCCC2. The molecule has 0 amide bonds. The van der Waals surface area contributed by atoms with Crippen molar-refractivity contribution in [1.82, 2.24) is 0 Å². The van der Waals surface area contributed by atoms with Gasteiger partial charge in [-0.15, -0.1) is 0 Å². The van der Waals surface area contributed by atoms with Crippen molar-refractivity contribution in [3.63, 3.8) is 0 Å². The lowest BCUT2D eigenvalue weighted by Crippen LogP contribution is -2.25. The first-order valence-corrected chi connectivity index (χ1v) is 6.36. The largest absolute Gasteiger partial charge is 0.493 e. The molecule has 2 rings (SSSR count). The molecule has 1 aliphatic heterocycles. The third kappa shape index (κ3) is 2.21. The maximum Gasteiger partial charge on any atom is 0.172 e. The number of carbonyl (C=O) groups is 1. The van der Waals surface area contributed by atoms with Gasteiger partial charge in [-0.05, 0) is 30.9 Å². The van der Waals surface area contributed by atoms with Crippen LogP contribution in [0.15, 0.2) is 18.2 Å². The number of carbonyl (C=O) groups excluding carboxylic acids is 1. The molecule has 0 saturated heterocycles. The fraction of sp³-hybridized carbons (Fsp3) is 0.533.